The minimum absolute atomic E-state index is 0.0798. The van der Waals surface area contributed by atoms with Gasteiger partial charge in [-0.25, -0.2) is 4.98 Å². The first-order valence-corrected chi connectivity index (χ1v) is 10.8. The molecule has 0 saturated heterocycles. The van der Waals surface area contributed by atoms with E-state index >= 15 is 0 Å². The van der Waals surface area contributed by atoms with Gasteiger partial charge < -0.3 is 15.0 Å². The van der Waals surface area contributed by atoms with Crippen molar-refractivity contribution in [3.05, 3.63) is 64.7 Å². The summed E-state index contributed by atoms with van der Waals surface area (Å²) in [6, 6.07) is 15.0. The largest absolute Gasteiger partial charge is 0.492 e. The van der Waals surface area contributed by atoms with E-state index in [2.05, 4.69) is 25.5 Å². The van der Waals surface area contributed by atoms with E-state index in [0.717, 1.165) is 15.8 Å². The highest BCUT2D eigenvalue weighted by molar-refractivity contribution is 8.01. The van der Waals surface area contributed by atoms with E-state index in [1.54, 1.807) is 6.07 Å². The van der Waals surface area contributed by atoms with Crippen LogP contribution in [0.25, 0.3) is 10.9 Å². The molecule has 1 atom stereocenters. The van der Waals surface area contributed by atoms with Crippen molar-refractivity contribution < 1.29 is 4.74 Å². The van der Waals surface area contributed by atoms with Gasteiger partial charge in [-0.2, -0.15) is 0 Å². The predicted octanol–water partition coefficient (Wildman–Crippen LogP) is 4.77. The first-order valence-electron chi connectivity index (χ1n) is 9.12. The van der Waals surface area contributed by atoms with Crippen LogP contribution < -0.4 is 15.6 Å². The molecule has 0 aliphatic heterocycles. The lowest BCUT2D eigenvalue weighted by Crippen LogP contribution is -2.12. The first kappa shape index (κ1) is 19.4. The molecule has 0 amide bonds. The number of rotatable bonds is 7. The molecule has 0 aliphatic carbocycles. The van der Waals surface area contributed by atoms with E-state index in [-0.39, 0.29) is 10.8 Å². The lowest BCUT2D eigenvalue weighted by atomic mass is 10.2. The third-order valence-corrected chi connectivity index (χ3v) is 6.16. The standard InChI is InChI=1S/C20H19N5O2S2/c1-3-27-16-11-7-6-10-15(16)22-19-24-25-20(29-19)28-12(2)17-21-14-9-5-4-8-13(14)18(26)23-17/h4-12H,3H2,1-2H3,(H,22,24)(H,21,23,26). The van der Waals surface area contributed by atoms with Crippen LogP contribution in [0.15, 0.2) is 57.7 Å². The fraction of sp³-hybridized carbons (Fsp3) is 0.200. The Balaban J connectivity index is 1.50. The van der Waals surface area contributed by atoms with Crippen LogP contribution in [-0.2, 0) is 0 Å². The number of thioether (sulfide) groups is 1. The summed E-state index contributed by atoms with van der Waals surface area (Å²) in [6.45, 7) is 4.52. The molecule has 0 bridgehead atoms. The highest BCUT2D eigenvalue weighted by atomic mass is 32.2. The van der Waals surface area contributed by atoms with Crippen LogP contribution in [0.2, 0.25) is 0 Å². The lowest BCUT2D eigenvalue weighted by molar-refractivity contribution is 0.342. The van der Waals surface area contributed by atoms with Gasteiger partial charge in [0.15, 0.2) is 4.34 Å². The molecular formula is C20H19N5O2S2. The molecule has 9 heteroatoms. The topological polar surface area (TPSA) is 92.8 Å². The Morgan fingerprint density at radius 3 is 2.83 bits per heavy atom. The Bertz CT molecular complexity index is 1190. The van der Waals surface area contributed by atoms with Crippen molar-refractivity contribution in [2.75, 3.05) is 11.9 Å². The van der Waals surface area contributed by atoms with Gasteiger partial charge in [-0.05, 0) is 38.1 Å². The molecular weight excluding hydrogens is 406 g/mol. The molecule has 2 aromatic carbocycles. The van der Waals surface area contributed by atoms with Crippen LogP contribution in [0, 0.1) is 0 Å². The molecule has 0 spiro atoms. The highest BCUT2D eigenvalue weighted by Gasteiger charge is 2.16. The number of benzene rings is 2. The third-order valence-electron chi connectivity index (χ3n) is 4.13. The van der Waals surface area contributed by atoms with E-state index in [1.165, 1.54) is 23.1 Å². The number of ether oxygens (including phenoxy) is 1. The second-order valence-electron chi connectivity index (χ2n) is 6.16. The maximum Gasteiger partial charge on any atom is 0.258 e. The Kier molecular flexibility index (Phi) is 5.77. The normalized spacial score (nSPS) is 12.1. The number of nitrogens with zero attached hydrogens (tertiary/aromatic N) is 3. The summed E-state index contributed by atoms with van der Waals surface area (Å²) in [4.78, 5) is 19.8. The van der Waals surface area contributed by atoms with Crippen LogP contribution in [-0.4, -0.2) is 26.8 Å². The van der Waals surface area contributed by atoms with Crippen LogP contribution in [0.3, 0.4) is 0 Å². The van der Waals surface area contributed by atoms with Gasteiger partial charge in [-0.1, -0.05) is 47.4 Å². The van der Waals surface area contributed by atoms with Crippen molar-refractivity contribution in [3.63, 3.8) is 0 Å². The van der Waals surface area contributed by atoms with Crippen molar-refractivity contribution in [1.29, 1.82) is 0 Å². The molecule has 1 unspecified atom stereocenters. The van der Waals surface area contributed by atoms with Crippen LogP contribution in [0.4, 0.5) is 10.8 Å². The summed E-state index contributed by atoms with van der Waals surface area (Å²) in [5.41, 5.74) is 1.40. The third kappa shape index (κ3) is 4.41. The zero-order valence-corrected chi connectivity index (χ0v) is 17.5. The highest BCUT2D eigenvalue weighted by Crippen LogP contribution is 2.37. The molecule has 2 N–H and O–H groups in total. The summed E-state index contributed by atoms with van der Waals surface area (Å²) < 4.78 is 6.41. The van der Waals surface area contributed by atoms with Gasteiger partial charge in [-0.3, -0.25) is 4.79 Å². The number of anilines is 2. The molecule has 2 heterocycles. The fourth-order valence-corrected chi connectivity index (χ4v) is 4.74. The molecule has 148 valence electrons. The van der Waals surface area contributed by atoms with Gasteiger partial charge in [0.2, 0.25) is 5.13 Å². The van der Waals surface area contributed by atoms with Crippen molar-refractivity contribution in [3.8, 4) is 5.75 Å². The number of aromatic nitrogens is 4. The summed E-state index contributed by atoms with van der Waals surface area (Å²) >= 11 is 2.94. The van der Waals surface area contributed by atoms with Crippen molar-refractivity contribution in [2.45, 2.75) is 23.4 Å². The van der Waals surface area contributed by atoms with Gasteiger partial charge in [0.25, 0.3) is 5.56 Å². The maximum atomic E-state index is 12.3. The van der Waals surface area contributed by atoms with E-state index in [4.69, 9.17) is 4.74 Å². The molecule has 2 aromatic heterocycles. The quantitative estimate of drug-likeness (QED) is 0.412. The number of aromatic amines is 1. The second-order valence-corrected chi connectivity index (χ2v) is 8.72. The Morgan fingerprint density at radius 2 is 1.97 bits per heavy atom. The van der Waals surface area contributed by atoms with Gasteiger partial charge in [0, 0.05) is 0 Å². The predicted molar refractivity (Wildman–Crippen MR) is 117 cm³/mol. The molecule has 0 saturated carbocycles. The SMILES string of the molecule is CCOc1ccccc1Nc1nnc(SC(C)c2nc3ccccc3c(=O)[nH]2)s1. The fourth-order valence-electron chi connectivity index (χ4n) is 2.78. The average Bonchev–Trinajstić information content (AvgIpc) is 3.16. The molecule has 0 fully saturated rings. The summed E-state index contributed by atoms with van der Waals surface area (Å²) in [7, 11) is 0. The first-order chi connectivity index (χ1) is 14.1. The second kappa shape index (κ2) is 8.62. The Labute approximate surface area is 175 Å². The molecule has 7 nitrogen and oxygen atoms in total. The van der Waals surface area contributed by atoms with E-state index in [1.807, 2.05) is 56.3 Å². The number of nitrogens with one attached hydrogen (secondary N) is 2. The number of fused-ring (bicyclic) bond motifs is 1. The van der Waals surface area contributed by atoms with Crippen LogP contribution in [0.1, 0.15) is 24.9 Å². The van der Waals surface area contributed by atoms with Gasteiger partial charge >= 0.3 is 0 Å². The van der Waals surface area contributed by atoms with Gasteiger partial charge in [0.1, 0.15) is 11.6 Å². The van der Waals surface area contributed by atoms with Crippen molar-refractivity contribution in [2.24, 2.45) is 0 Å². The zero-order valence-electron chi connectivity index (χ0n) is 15.9. The Morgan fingerprint density at radius 1 is 1.17 bits per heavy atom. The van der Waals surface area contributed by atoms with Gasteiger partial charge in [-0.15, -0.1) is 10.2 Å². The monoisotopic (exact) mass is 425 g/mol. The van der Waals surface area contributed by atoms with Crippen molar-refractivity contribution >= 4 is 44.8 Å². The summed E-state index contributed by atoms with van der Waals surface area (Å²) in [5, 5.41) is 12.9. The van der Waals surface area contributed by atoms with Crippen LogP contribution >= 0.6 is 23.1 Å². The summed E-state index contributed by atoms with van der Waals surface area (Å²) in [6.07, 6.45) is 0. The van der Waals surface area contributed by atoms with E-state index in [9.17, 15) is 4.79 Å². The van der Waals surface area contributed by atoms with E-state index < -0.39 is 0 Å². The minimum Gasteiger partial charge on any atom is -0.492 e. The molecule has 4 rings (SSSR count). The number of hydrogen-bond donors (Lipinski definition) is 2. The van der Waals surface area contributed by atoms with Crippen LogP contribution in [0.5, 0.6) is 5.75 Å². The van der Waals surface area contributed by atoms with E-state index in [0.29, 0.717) is 28.5 Å². The molecule has 0 radical (unpaired) electrons. The minimum atomic E-state index is -0.134. The lowest BCUT2D eigenvalue weighted by Gasteiger charge is -2.10. The average molecular weight is 426 g/mol. The maximum absolute atomic E-state index is 12.3. The van der Waals surface area contributed by atoms with Gasteiger partial charge in [0.05, 0.1) is 28.4 Å². The molecule has 4 aromatic rings. The Hall–Kier alpha value is -2.91. The smallest absolute Gasteiger partial charge is 0.258 e. The number of H-pyrrole nitrogens is 1. The number of hydrogen-bond acceptors (Lipinski definition) is 8. The molecule has 0 aliphatic rings. The summed E-state index contributed by atoms with van der Waals surface area (Å²) in [5.74, 6) is 1.39. The van der Waals surface area contributed by atoms with Crippen molar-refractivity contribution in [1.82, 2.24) is 20.2 Å². The number of para-hydroxylation sites is 3. The zero-order chi connectivity index (χ0) is 20.2. The molecule has 29 heavy (non-hydrogen) atoms.